The number of rotatable bonds is 14. The SMILES string of the molecule is C=C(C)C(=O)OCCOCC(CCC)OCOCCCC. The predicted octanol–water partition coefficient (Wildman–Crippen LogP) is 3.08. The third-order valence-corrected chi connectivity index (χ3v) is 2.75. The minimum Gasteiger partial charge on any atom is -0.460 e. The van der Waals surface area contributed by atoms with Crippen molar-refractivity contribution in [1.82, 2.24) is 0 Å². The van der Waals surface area contributed by atoms with E-state index < -0.39 is 0 Å². The van der Waals surface area contributed by atoms with Gasteiger partial charge in [0.2, 0.25) is 0 Å². The monoisotopic (exact) mass is 302 g/mol. The highest BCUT2D eigenvalue weighted by Gasteiger charge is 2.09. The number of hydrogen-bond acceptors (Lipinski definition) is 5. The standard InChI is InChI=1S/C16H30O5/c1-5-7-9-19-13-21-15(8-6-2)12-18-10-11-20-16(17)14(3)4/h15H,3,5-13H2,1-2,4H3. The Hall–Kier alpha value is -0.910. The molecule has 0 heterocycles. The maximum Gasteiger partial charge on any atom is 0.333 e. The average molecular weight is 302 g/mol. The van der Waals surface area contributed by atoms with Crippen molar-refractivity contribution >= 4 is 5.97 Å². The summed E-state index contributed by atoms with van der Waals surface area (Å²) in [6.07, 6.45) is 4.13. The molecule has 0 spiro atoms. The maximum atomic E-state index is 11.2. The molecule has 0 radical (unpaired) electrons. The van der Waals surface area contributed by atoms with Crippen molar-refractivity contribution in [2.45, 2.75) is 52.6 Å². The van der Waals surface area contributed by atoms with Crippen LogP contribution in [0.15, 0.2) is 12.2 Å². The summed E-state index contributed by atoms with van der Waals surface area (Å²) in [7, 11) is 0. The molecule has 124 valence electrons. The van der Waals surface area contributed by atoms with Gasteiger partial charge in [-0.05, 0) is 19.8 Å². The fraction of sp³-hybridized carbons (Fsp3) is 0.812. The molecule has 0 bridgehead atoms. The Balaban J connectivity index is 3.64. The fourth-order valence-electron chi connectivity index (χ4n) is 1.52. The second-order valence-electron chi connectivity index (χ2n) is 4.95. The summed E-state index contributed by atoms with van der Waals surface area (Å²) in [5.74, 6) is -0.385. The van der Waals surface area contributed by atoms with E-state index in [-0.39, 0.29) is 18.7 Å². The van der Waals surface area contributed by atoms with Gasteiger partial charge >= 0.3 is 5.97 Å². The van der Waals surface area contributed by atoms with Gasteiger partial charge in [-0.1, -0.05) is 33.3 Å². The molecule has 5 nitrogen and oxygen atoms in total. The van der Waals surface area contributed by atoms with E-state index in [9.17, 15) is 4.79 Å². The first-order chi connectivity index (χ1) is 10.1. The first kappa shape index (κ1) is 20.1. The molecule has 0 rings (SSSR count). The summed E-state index contributed by atoms with van der Waals surface area (Å²) in [6, 6.07) is 0. The van der Waals surface area contributed by atoms with Crippen LogP contribution < -0.4 is 0 Å². The highest BCUT2D eigenvalue weighted by atomic mass is 16.7. The van der Waals surface area contributed by atoms with E-state index in [1.165, 1.54) is 0 Å². The molecule has 1 unspecified atom stereocenters. The Morgan fingerprint density at radius 3 is 2.48 bits per heavy atom. The lowest BCUT2D eigenvalue weighted by Crippen LogP contribution is -2.23. The molecule has 0 aromatic rings. The molecule has 0 aliphatic rings. The summed E-state index contributed by atoms with van der Waals surface area (Å²) >= 11 is 0. The Morgan fingerprint density at radius 2 is 1.86 bits per heavy atom. The topological polar surface area (TPSA) is 54.0 Å². The van der Waals surface area contributed by atoms with E-state index in [1.54, 1.807) is 6.92 Å². The number of unbranched alkanes of at least 4 members (excludes halogenated alkanes) is 1. The predicted molar refractivity (Wildman–Crippen MR) is 82.1 cm³/mol. The van der Waals surface area contributed by atoms with Gasteiger partial charge in [-0.25, -0.2) is 4.79 Å². The van der Waals surface area contributed by atoms with Crippen LogP contribution in [-0.2, 0) is 23.7 Å². The van der Waals surface area contributed by atoms with Crippen LogP contribution >= 0.6 is 0 Å². The van der Waals surface area contributed by atoms with E-state index in [0.717, 1.165) is 32.3 Å². The zero-order chi connectivity index (χ0) is 15.9. The van der Waals surface area contributed by atoms with Crippen LogP contribution in [0.2, 0.25) is 0 Å². The molecule has 0 N–H and O–H groups in total. The van der Waals surface area contributed by atoms with Gasteiger partial charge in [0.15, 0.2) is 0 Å². The number of ether oxygens (including phenoxy) is 4. The number of esters is 1. The Morgan fingerprint density at radius 1 is 1.10 bits per heavy atom. The van der Waals surface area contributed by atoms with Crippen LogP contribution in [0.5, 0.6) is 0 Å². The van der Waals surface area contributed by atoms with Crippen molar-refractivity contribution in [2.24, 2.45) is 0 Å². The third kappa shape index (κ3) is 12.5. The van der Waals surface area contributed by atoms with Crippen molar-refractivity contribution in [3.05, 3.63) is 12.2 Å². The molecule has 1 atom stereocenters. The summed E-state index contributed by atoms with van der Waals surface area (Å²) in [6.45, 7) is 11.5. The molecular formula is C16H30O5. The summed E-state index contributed by atoms with van der Waals surface area (Å²) in [4.78, 5) is 11.2. The van der Waals surface area contributed by atoms with Gasteiger partial charge in [0.25, 0.3) is 0 Å². The van der Waals surface area contributed by atoms with Gasteiger partial charge in [-0.3, -0.25) is 0 Å². The number of carbonyl (C=O) groups is 1. The highest BCUT2D eigenvalue weighted by Crippen LogP contribution is 2.04. The van der Waals surface area contributed by atoms with Crippen molar-refractivity contribution in [3.63, 3.8) is 0 Å². The zero-order valence-corrected chi connectivity index (χ0v) is 13.7. The summed E-state index contributed by atoms with van der Waals surface area (Å²) in [5, 5.41) is 0. The molecule has 0 amide bonds. The van der Waals surface area contributed by atoms with Crippen LogP contribution in [0.4, 0.5) is 0 Å². The van der Waals surface area contributed by atoms with Crippen LogP contribution in [0, 0.1) is 0 Å². The quantitative estimate of drug-likeness (QED) is 0.214. The van der Waals surface area contributed by atoms with Crippen molar-refractivity contribution in [3.8, 4) is 0 Å². The molecule has 0 aromatic heterocycles. The summed E-state index contributed by atoms with van der Waals surface area (Å²) in [5.41, 5.74) is 0.395. The van der Waals surface area contributed by atoms with Crippen molar-refractivity contribution < 1.29 is 23.7 Å². The molecule has 0 aliphatic heterocycles. The second kappa shape index (κ2) is 14.0. The Bertz CT molecular complexity index is 278. The van der Waals surface area contributed by atoms with Crippen LogP contribution in [0.25, 0.3) is 0 Å². The van der Waals surface area contributed by atoms with Crippen LogP contribution in [0.3, 0.4) is 0 Å². The molecule has 21 heavy (non-hydrogen) atoms. The second-order valence-corrected chi connectivity index (χ2v) is 4.95. The first-order valence-corrected chi connectivity index (χ1v) is 7.71. The van der Waals surface area contributed by atoms with E-state index >= 15 is 0 Å². The zero-order valence-electron chi connectivity index (χ0n) is 13.7. The summed E-state index contributed by atoms with van der Waals surface area (Å²) < 4.78 is 21.4. The largest absolute Gasteiger partial charge is 0.460 e. The first-order valence-electron chi connectivity index (χ1n) is 7.71. The van der Waals surface area contributed by atoms with E-state index in [2.05, 4.69) is 20.4 Å². The Labute approximate surface area is 128 Å². The number of hydrogen-bond donors (Lipinski definition) is 0. The molecule has 0 saturated carbocycles. The lowest BCUT2D eigenvalue weighted by atomic mass is 10.2. The van der Waals surface area contributed by atoms with Crippen LogP contribution in [-0.4, -0.2) is 45.3 Å². The van der Waals surface area contributed by atoms with Gasteiger partial charge < -0.3 is 18.9 Å². The van der Waals surface area contributed by atoms with Gasteiger partial charge in [0, 0.05) is 12.2 Å². The van der Waals surface area contributed by atoms with Crippen molar-refractivity contribution in [1.29, 1.82) is 0 Å². The molecule has 0 fully saturated rings. The lowest BCUT2D eigenvalue weighted by Gasteiger charge is -2.17. The van der Waals surface area contributed by atoms with Crippen molar-refractivity contribution in [2.75, 3.05) is 33.2 Å². The maximum absolute atomic E-state index is 11.2. The molecule has 0 saturated heterocycles. The Kier molecular flexibility index (Phi) is 13.4. The van der Waals surface area contributed by atoms with Gasteiger partial charge in [0.1, 0.15) is 13.4 Å². The minimum atomic E-state index is -0.385. The van der Waals surface area contributed by atoms with E-state index in [0.29, 0.717) is 25.6 Å². The van der Waals surface area contributed by atoms with Crippen LogP contribution in [0.1, 0.15) is 46.5 Å². The molecule has 5 heteroatoms. The normalized spacial score (nSPS) is 12.1. The highest BCUT2D eigenvalue weighted by molar-refractivity contribution is 5.86. The van der Waals surface area contributed by atoms with Gasteiger partial charge in [-0.15, -0.1) is 0 Å². The van der Waals surface area contributed by atoms with E-state index in [1.807, 2.05) is 0 Å². The average Bonchev–Trinajstić information content (AvgIpc) is 2.46. The minimum absolute atomic E-state index is 0.0217. The third-order valence-electron chi connectivity index (χ3n) is 2.75. The molecule has 0 aromatic carbocycles. The smallest absolute Gasteiger partial charge is 0.333 e. The molecular weight excluding hydrogens is 272 g/mol. The molecule has 0 aliphatic carbocycles. The van der Waals surface area contributed by atoms with E-state index in [4.69, 9.17) is 18.9 Å². The van der Waals surface area contributed by atoms with Gasteiger partial charge in [-0.2, -0.15) is 0 Å². The fourth-order valence-corrected chi connectivity index (χ4v) is 1.52. The van der Waals surface area contributed by atoms with Gasteiger partial charge in [0.05, 0.1) is 19.3 Å². The number of carbonyl (C=O) groups excluding carboxylic acids is 1. The lowest BCUT2D eigenvalue weighted by molar-refractivity contribution is -0.142.